The van der Waals surface area contributed by atoms with Gasteiger partial charge in [0.2, 0.25) is 5.95 Å². The number of aromatic nitrogens is 2. The van der Waals surface area contributed by atoms with Gasteiger partial charge in [-0.15, -0.1) is 0 Å². The Kier molecular flexibility index (Phi) is 3.98. The van der Waals surface area contributed by atoms with Gasteiger partial charge in [0.15, 0.2) is 0 Å². The highest BCUT2D eigenvalue weighted by Crippen LogP contribution is 2.15. The summed E-state index contributed by atoms with van der Waals surface area (Å²) in [5.41, 5.74) is 3.55. The number of amides is 1. The Bertz CT molecular complexity index is 620. The largest absolute Gasteiger partial charge is 0.347 e. The van der Waals surface area contributed by atoms with E-state index >= 15 is 0 Å². The average Bonchev–Trinajstić information content (AvgIpc) is 2.43. The summed E-state index contributed by atoms with van der Waals surface area (Å²) < 4.78 is 0. The molecule has 104 valence electrons. The fraction of sp³-hybridized carbons (Fsp3) is 0.267. The first-order valence-corrected chi connectivity index (χ1v) is 6.35. The highest BCUT2D eigenvalue weighted by molar-refractivity contribution is 6.03. The number of rotatable bonds is 3. The summed E-state index contributed by atoms with van der Waals surface area (Å²) in [7, 11) is 3.70. The third kappa shape index (κ3) is 3.12. The van der Waals surface area contributed by atoms with Gasteiger partial charge in [-0.05, 0) is 37.1 Å². The van der Waals surface area contributed by atoms with Gasteiger partial charge in [0.05, 0.1) is 5.56 Å². The van der Waals surface area contributed by atoms with Crippen molar-refractivity contribution < 1.29 is 4.79 Å². The summed E-state index contributed by atoms with van der Waals surface area (Å²) in [6, 6.07) is 5.81. The third-order valence-electron chi connectivity index (χ3n) is 3.07. The normalized spacial score (nSPS) is 10.2. The molecule has 2 rings (SSSR count). The Morgan fingerprint density at radius 2 is 1.75 bits per heavy atom. The zero-order chi connectivity index (χ0) is 14.7. The van der Waals surface area contributed by atoms with E-state index in [0.717, 1.165) is 11.3 Å². The van der Waals surface area contributed by atoms with Crippen molar-refractivity contribution in [1.29, 1.82) is 0 Å². The van der Waals surface area contributed by atoms with Crippen molar-refractivity contribution in [3.63, 3.8) is 0 Å². The molecule has 0 spiro atoms. The van der Waals surface area contributed by atoms with Crippen LogP contribution < -0.4 is 10.2 Å². The molecular formula is C15H18N4O. The lowest BCUT2D eigenvalue weighted by Crippen LogP contribution is -2.16. The molecule has 1 aromatic carbocycles. The smallest absolute Gasteiger partial charge is 0.258 e. The summed E-state index contributed by atoms with van der Waals surface area (Å²) in [5, 5.41) is 2.84. The van der Waals surface area contributed by atoms with Crippen molar-refractivity contribution in [3.05, 3.63) is 47.3 Å². The van der Waals surface area contributed by atoms with Crippen LogP contribution in [0.25, 0.3) is 0 Å². The molecule has 1 amide bonds. The molecule has 2 aromatic rings. The second-order valence-electron chi connectivity index (χ2n) is 4.92. The van der Waals surface area contributed by atoms with E-state index in [1.165, 1.54) is 18.0 Å². The van der Waals surface area contributed by atoms with E-state index < -0.39 is 0 Å². The number of anilines is 2. The van der Waals surface area contributed by atoms with Crippen LogP contribution in [-0.2, 0) is 0 Å². The molecule has 5 heteroatoms. The fourth-order valence-corrected chi connectivity index (χ4v) is 1.69. The number of carbonyl (C=O) groups excluding carboxylic acids is 1. The summed E-state index contributed by atoms with van der Waals surface area (Å²) in [6.07, 6.45) is 3.05. The second-order valence-corrected chi connectivity index (χ2v) is 4.92. The monoisotopic (exact) mass is 270 g/mol. The molecule has 0 saturated heterocycles. The van der Waals surface area contributed by atoms with E-state index in [9.17, 15) is 4.79 Å². The summed E-state index contributed by atoms with van der Waals surface area (Å²) in [5.74, 6) is 0.367. The van der Waals surface area contributed by atoms with E-state index in [2.05, 4.69) is 15.3 Å². The van der Waals surface area contributed by atoms with Crippen molar-refractivity contribution in [2.45, 2.75) is 13.8 Å². The molecule has 1 heterocycles. The van der Waals surface area contributed by atoms with Crippen LogP contribution in [0.2, 0.25) is 0 Å². The molecule has 0 aliphatic carbocycles. The second kappa shape index (κ2) is 5.69. The lowest BCUT2D eigenvalue weighted by molar-refractivity contribution is 0.102. The molecule has 0 radical (unpaired) electrons. The van der Waals surface area contributed by atoms with Crippen LogP contribution in [0.1, 0.15) is 21.5 Å². The number of hydrogen-bond donors (Lipinski definition) is 1. The van der Waals surface area contributed by atoms with E-state index in [-0.39, 0.29) is 5.91 Å². The molecular weight excluding hydrogens is 252 g/mol. The Labute approximate surface area is 118 Å². The number of benzene rings is 1. The van der Waals surface area contributed by atoms with E-state index in [1.807, 2.05) is 46.1 Å². The third-order valence-corrected chi connectivity index (χ3v) is 3.07. The van der Waals surface area contributed by atoms with Crippen molar-refractivity contribution in [1.82, 2.24) is 9.97 Å². The van der Waals surface area contributed by atoms with Crippen LogP contribution in [0.3, 0.4) is 0 Å². The van der Waals surface area contributed by atoms with Gasteiger partial charge in [0.25, 0.3) is 5.91 Å². The average molecular weight is 270 g/mol. The quantitative estimate of drug-likeness (QED) is 0.930. The minimum atomic E-state index is -0.210. The SMILES string of the molecule is Cc1ccc(NC(=O)c2cnc(N(C)C)nc2)cc1C. The van der Waals surface area contributed by atoms with Crippen LogP contribution >= 0.6 is 0 Å². The van der Waals surface area contributed by atoms with E-state index in [4.69, 9.17) is 0 Å². The van der Waals surface area contributed by atoms with Crippen LogP contribution in [0.15, 0.2) is 30.6 Å². The van der Waals surface area contributed by atoms with Gasteiger partial charge < -0.3 is 10.2 Å². The minimum Gasteiger partial charge on any atom is -0.347 e. The predicted octanol–water partition coefficient (Wildman–Crippen LogP) is 2.41. The van der Waals surface area contributed by atoms with Gasteiger partial charge in [-0.1, -0.05) is 6.07 Å². The topological polar surface area (TPSA) is 58.1 Å². The summed E-state index contributed by atoms with van der Waals surface area (Å²) >= 11 is 0. The van der Waals surface area contributed by atoms with Crippen LogP contribution in [0.5, 0.6) is 0 Å². The fourth-order valence-electron chi connectivity index (χ4n) is 1.69. The number of nitrogens with one attached hydrogen (secondary N) is 1. The van der Waals surface area contributed by atoms with E-state index in [1.54, 1.807) is 4.90 Å². The van der Waals surface area contributed by atoms with Crippen molar-refractivity contribution in [2.24, 2.45) is 0 Å². The van der Waals surface area contributed by atoms with Crippen molar-refractivity contribution >= 4 is 17.5 Å². The summed E-state index contributed by atoms with van der Waals surface area (Å²) in [6.45, 7) is 4.05. The first kappa shape index (κ1) is 14.0. The Morgan fingerprint density at radius 1 is 1.10 bits per heavy atom. The number of aryl methyl sites for hydroxylation is 2. The maximum Gasteiger partial charge on any atom is 0.258 e. The van der Waals surface area contributed by atoms with Gasteiger partial charge in [-0.25, -0.2) is 9.97 Å². The number of hydrogen-bond acceptors (Lipinski definition) is 4. The zero-order valence-corrected chi connectivity index (χ0v) is 12.1. The molecule has 20 heavy (non-hydrogen) atoms. The first-order valence-electron chi connectivity index (χ1n) is 6.35. The van der Waals surface area contributed by atoms with Gasteiger partial charge >= 0.3 is 0 Å². The van der Waals surface area contributed by atoms with Crippen LogP contribution in [-0.4, -0.2) is 30.0 Å². The zero-order valence-electron chi connectivity index (χ0n) is 12.1. The Balaban J connectivity index is 2.13. The highest BCUT2D eigenvalue weighted by Gasteiger charge is 2.08. The maximum absolute atomic E-state index is 12.1. The maximum atomic E-state index is 12.1. The molecule has 5 nitrogen and oxygen atoms in total. The molecule has 0 aliphatic heterocycles. The molecule has 0 unspecified atom stereocenters. The minimum absolute atomic E-state index is 0.210. The molecule has 0 saturated carbocycles. The van der Waals surface area contributed by atoms with Crippen molar-refractivity contribution in [2.75, 3.05) is 24.3 Å². The Morgan fingerprint density at radius 3 is 2.30 bits per heavy atom. The molecule has 1 N–H and O–H groups in total. The van der Waals surface area contributed by atoms with Crippen molar-refractivity contribution in [3.8, 4) is 0 Å². The van der Waals surface area contributed by atoms with Gasteiger partial charge in [0, 0.05) is 32.2 Å². The molecule has 0 bridgehead atoms. The number of nitrogens with zero attached hydrogens (tertiary/aromatic N) is 3. The van der Waals surface area contributed by atoms with Gasteiger partial charge in [-0.2, -0.15) is 0 Å². The molecule has 0 atom stereocenters. The van der Waals surface area contributed by atoms with Crippen LogP contribution in [0.4, 0.5) is 11.6 Å². The van der Waals surface area contributed by atoms with Gasteiger partial charge in [-0.3, -0.25) is 4.79 Å². The molecule has 1 aromatic heterocycles. The molecule has 0 fully saturated rings. The number of carbonyl (C=O) groups is 1. The standard InChI is InChI=1S/C15H18N4O/c1-10-5-6-13(7-11(10)2)18-14(20)12-8-16-15(17-9-12)19(3)4/h5-9H,1-4H3,(H,18,20). The lowest BCUT2D eigenvalue weighted by Gasteiger charge is -2.10. The Hall–Kier alpha value is -2.43. The molecule has 0 aliphatic rings. The summed E-state index contributed by atoms with van der Waals surface area (Å²) in [4.78, 5) is 22.1. The highest BCUT2D eigenvalue weighted by atomic mass is 16.1. The van der Waals surface area contributed by atoms with Gasteiger partial charge in [0.1, 0.15) is 0 Å². The van der Waals surface area contributed by atoms with Crippen LogP contribution in [0, 0.1) is 13.8 Å². The lowest BCUT2D eigenvalue weighted by atomic mass is 10.1. The first-order chi connectivity index (χ1) is 9.47. The predicted molar refractivity (Wildman–Crippen MR) is 80.2 cm³/mol. The van der Waals surface area contributed by atoms with E-state index in [0.29, 0.717) is 11.5 Å².